The summed E-state index contributed by atoms with van der Waals surface area (Å²) in [5.41, 5.74) is 3.76. The molecule has 1 N–H and O–H groups in total. The van der Waals surface area contributed by atoms with Crippen molar-refractivity contribution in [1.29, 1.82) is 0 Å². The lowest BCUT2D eigenvalue weighted by molar-refractivity contribution is 0.921. The number of anilines is 1. The van der Waals surface area contributed by atoms with Gasteiger partial charge in [0.1, 0.15) is 0 Å². The summed E-state index contributed by atoms with van der Waals surface area (Å²) < 4.78 is 1.14. The average Bonchev–Trinajstić information content (AvgIpc) is 2.17. The van der Waals surface area contributed by atoms with Gasteiger partial charge in [-0.3, -0.25) is 0 Å². The highest BCUT2D eigenvalue weighted by atomic mass is 79.9. The number of aryl methyl sites for hydroxylation is 1. The molecule has 0 bridgehead atoms. The summed E-state index contributed by atoms with van der Waals surface area (Å²) in [6.07, 6.45) is 5.57. The Morgan fingerprint density at radius 3 is 2.69 bits per heavy atom. The second-order valence-electron chi connectivity index (χ2n) is 4.02. The Morgan fingerprint density at radius 1 is 1.31 bits per heavy atom. The number of benzene rings is 1. The molecule has 0 radical (unpaired) electrons. The summed E-state index contributed by atoms with van der Waals surface area (Å²) in [4.78, 5) is 0. The highest BCUT2D eigenvalue weighted by Crippen LogP contribution is 2.21. The van der Waals surface area contributed by atoms with Crippen LogP contribution in [0.4, 0.5) is 5.69 Å². The minimum absolute atomic E-state index is 1.06. The zero-order valence-corrected chi connectivity index (χ0v) is 11.9. The highest BCUT2D eigenvalue weighted by Gasteiger charge is 1.99. The summed E-state index contributed by atoms with van der Waals surface area (Å²) in [5.74, 6) is 0. The molecular weight excluding hydrogens is 262 g/mol. The molecule has 88 valence electrons. The highest BCUT2D eigenvalue weighted by molar-refractivity contribution is 9.10. The Kier molecular flexibility index (Phi) is 5.61. The summed E-state index contributed by atoms with van der Waals surface area (Å²) >= 11 is 3.55. The van der Waals surface area contributed by atoms with Crippen LogP contribution in [0, 0.1) is 0 Å². The molecule has 0 spiro atoms. The summed E-state index contributed by atoms with van der Waals surface area (Å²) in [6.45, 7) is 6.45. The number of nitrogens with one attached hydrogen (secondary N) is 1. The lowest BCUT2D eigenvalue weighted by Crippen LogP contribution is -1.96. The van der Waals surface area contributed by atoms with E-state index >= 15 is 0 Å². The van der Waals surface area contributed by atoms with Crippen LogP contribution in [0.15, 0.2) is 34.4 Å². The molecule has 0 atom stereocenters. The molecule has 1 rings (SSSR count). The Hall–Kier alpha value is -0.760. The SMILES string of the molecule is CC/C=C(\C)Nc1cc(Br)cc(CCC)c1. The molecule has 0 fully saturated rings. The molecule has 0 heterocycles. The van der Waals surface area contributed by atoms with Gasteiger partial charge >= 0.3 is 0 Å². The maximum Gasteiger partial charge on any atom is 0.0395 e. The first kappa shape index (κ1) is 13.3. The van der Waals surface area contributed by atoms with Crippen LogP contribution < -0.4 is 5.32 Å². The van der Waals surface area contributed by atoms with Crippen molar-refractivity contribution in [2.24, 2.45) is 0 Å². The van der Waals surface area contributed by atoms with Gasteiger partial charge in [0, 0.05) is 15.9 Å². The molecule has 0 aliphatic rings. The van der Waals surface area contributed by atoms with Crippen molar-refractivity contribution in [3.8, 4) is 0 Å². The molecule has 0 saturated heterocycles. The van der Waals surface area contributed by atoms with Crippen molar-refractivity contribution in [1.82, 2.24) is 0 Å². The number of hydrogen-bond acceptors (Lipinski definition) is 1. The quantitative estimate of drug-likeness (QED) is 0.789. The number of allylic oxidation sites excluding steroid dienone is 2. The molecule has 0 aliphatic carbocycles. The van der Waals surface area contributed by atoms with E-state index in [0.29, 0.717) is 0 Å². The molecular formula is C14H20BrN. The van der Waals surface area contributed by atoms with E-state index in [1.54, 1.807) is 0 Å². The molecule has 2 heteroatoms. The zero-order chi connectivity index (χ0) is 12.0. The van der Waals surface area contributed by atoms with Crippen molar-refractivity contribution < 1.29 is 0 Å². The van der Waals surface area contributed by atoms with Gasteiger partial charge in [-0.15, -0.1) is 0 Å². The van der Waals surface area contributed by atoms with E-state index in [-0.39, 0.29) is 0 Å². The van der Waals surface area contributed by atoms with Gasteiger partial charge in [0.05, 0.1) is 0 Å². The van der Waals surface area contributed by atoms with Gasteiger partial charge in [-0.25, -0.2) is 0 Å². The number of hydrogen-bond donors (Lipinski definition) is 1. The lowest BCUT2D eigenvalue weighted by atomic mass is 10.1. The monoisotopic (exact) mass is 281 g/mol. The van der Waals surface area contributed by atoms with Gasteiger partial charge in [-0.05, 0) is 43.5 Å². The molecule has 16 heavy (non-hydrogen) atoms. The fourth-order valence-electron chi connectivity index (χ4n) is 1.74. The van der Waals surface area contributed by atoms with Crippen molar-refractivity contribution in [3.05, 3.63) is 40.0 Å². The fourth-order valence-corrected chi connectivity index (χ4v) is 2.28. The fraction of sp³-hybridized carbons (Fsp3) is 0.429. The minimum atomic E-state index is 1.06. The van der Waals surface area contributed by atoms with Crippen LogP contribution >= 0.6 is 15.9 Å². The van der Waals surface area contributed by atoms with Gasteiger partial charge in [0.2, 0.25) is 0 Å². The van der Waals surface area contributed by atoms with Gasteiger partial charge in [-0.1, -0.05) is 42.3 Å². The summed E-state index contributed by atoms with van der Waals surface area (Å²) in [5, 5.41) is 3.41. The standard InChI is InChI=1S/C14H20BrN/c1-4-6-11(3)16-14-9-12(7-5-2)8-13(15)10-14/h6,8-10,16H,4-5,7H2,1-3H3/b11-6+. The minimum Gasteiger partial charge on any atom is -0.359 e. The molecule has 1 aromatic rings. The Bertz CT molecular complexity index is 369. The van der Waals surface area contributed by atoms with Crippen LogP contribution in [0.2, 0.25) is 0 Å². The Balaban J connectivity index is 2.83. The summed E-state index contributed by atoms with van der Waals surface area (Å²) in [6, 6.07) is 6.53. The van der Waals surface area contributed by atoms with Crippen LogP contribution in [0.5, 0.6) is 0 Å². The van der Waals surface area contributed by atoms with Crippen molar-refractivity contribution in [2.45, 2.75) is 40.0 Å². The molecule has 0 saturated carbocycles. The van der Waals surface area contributed by atoms with E-state index < -0.39 is 0 Å². The largest absolute Gasteiger partial charge is 0.359 e. The van der Waals surface area contributed by atoms with E-state index in [1.807, 2.05) is 0 Å². The molecule has 0 unspecified atom stereocenters. The third kappa shape index (κ3) is 4.40. The third-order valence-corrected chi connectivity index (χ3v) is 2.81. The second-order valence-corrected chi connectivity index (χ2v) is 4.93. The van der Waals surface area contributed by atoms with E-state index in [9.17, 15) is 0 Å². The van der Waals surface area contributed by atoms with Crippen LogP contribution in [0.3, 0.4) is 0 Å². The van der Waals surface area contributed by atoms with Crippen molar-refractivity contribution >= 4 is 21.6 Å². The summed E-state index contributed by atoms with van der Waals surface area (Å²) in [7, 11) is 0. The maximum absolute atomic E-state index is 3.55. The normalized spacial score (nSPS) is 11.6. The Morgan fingerprint density at radius 2 is 2.06 bits per heavy atom. The maximum atomic E-state index is 3.55. The van der Waals surface area contributed by atoms with E-state index in [0.717, 1.165) is 17.3 Å². The van der Waals surface area contributed by atoms with Crippen LogP contribution in [0.1, 0.15) is 39.2 Å². The number of halogens is 1. The van der Waals surface area contributed by atoms with Crippen LogP contribution in [-0.2, 0) is 6.42 Å². The van der Waals surface area contributed by atoms with Gasteiger partial charge in [-0.2, -0.15) is 0 Å². The second kappa shape index (κ2) is 6.74. The Labute approximate surface area is 107 Å². The topological polar surface area (TPSA) is 12.0 Å². The van der Waals surface area contributed by atoms with E-state index in [4.69, 9.17) is 0 Å². The first-order chi connectivity index (χ1) is 7.65. The number of rotatable bonds is 5. The van der Waals surface area contributed by atoms with Crippen LogP contribution in [-0.4, -0.2) is 0 Å². The first-order valence-electron chi connectivity index (χ1n) is 5.89. The van der Waals surface area contributed by atoms with E-state index in [2.05, 4.69) is 66.3 Å². The smallest absolute Gasteiger partial charge is 0.0395 e. The van der Waals surface area contributed by atoms with Crippen molar-refractivity contribution in [3.63, 3.8) is 0 Å². The average molecular weight is 282 g/mol. The lowest BCUT2D eigenvalue weighted by Gasteiger charge is -2.09. The predicted molar refractivity (Wildman–Crippen MR) is 75.8 cm³/mol. The molecule has 1 aromatic carbocycles. The van der Waals surface area contributed by atoms with Gasteiger partial charge in [0.15, 0.2) is 0 Å². The van der Waals surface area contributed by atoms with Gasteiger partial charge < -0.3 is 5.32 Å². The van der Waals surface area contributed by atoms with Crippen LogP contribution in [0.25, 0.3) is 0 Å². The molecule has 0 amide bonds. The van der Waals surface area contributed by atoms with Gasteiger partial charge in [0.25, 0.3) is 0 Å². The first-order valence-corrected chi connectivity index (χ1v) is 6.68. The molecule has 0 aromatic heterocycles. The predicted octanol–water partition coefficient (Wildman–Crippen LogP) is 5.13. The molecule has 1 nitrogen and oxygen atoms in total. The van der Waals surface area contributed by atoms with Crippen molar-refractivity contribution in [2.75, 3.05) is 5.32 Å². The molecule has 0 aliphatic heterocycles. The van der Waals surface area contributed by atoms with E-state index in [1.165, 1.54) is 23.4 Å². The zero-order valence-electron chi connectivity index (χ0n) is 10.3. The third-order valence-electron chi connectivity index (χ3n) is 2.35.